The predicted octanol–water partition coefficient (Wildman–Crippen LogP) is 4.33. The fourth-order valence-electron chi connectivity index (χ4n) is 3.60. The maximum Gasteiger partial charge on any atom is 0.126 e. The molecule has 24 heavy (non-hydrogen) atoms. The minimum atomic E-state index is -0.507. The van der Waals surface area contributed by atoms with Gasteiger partial charge in [-0.25, -0.2) is 0 Å². The third-order valence-electron chi connectivity index (χ3n) is 4.82. The molecule has 2 aromatic rings. The Labute approximate surface area is 141 Å². The summed E-state index contributed by atoms with van der Waals surface area (Å²) in [5, 5.41) is 10.8. The molecule has 1 N–H and O–H groups in total. The van der Waals surface area contributed by atoms with Gasteiger partial charge in [-0.15, -0.1) is 0 Å². The monoisotopic (exact) mass is 320 g/mol. The zero-order valence-corrected chi connectivity index (χ0v) is 13.6. The minimum Gasteiger partial charge on any atom is -0.496 e. The lowest BCUT2D eigenvalue weighted by Gasteiger charge is -2.28. The second-order valence-corrected chi connectivity index (χ2v) is 6.25. The predicted molar refractivity (Wildman–Crippen MR) is 94.3 cm³/mol. The molecular formula is C21H20O3. The van der Waals surface area contributed by atoms with Crippen LogP contribution < -0.4 is 4.74 Å². The molecule has 1 heterocycles. The van der Waals surface area contributed by atoms with Gasteiger partial charge in [0.2, 0.25) is 0 Å². The van der Waals surface area contributed by atoms with E-state index in [1.807, 2.05) is 42.7 Å². The van der Waals surface area contributed by atoms with E-state index in [0.29, 0.717) is 13.0 Å². The number of allylic oxidation sites excluding steroid dienone is 1. The van der Waals surface area contributed by atoms with Crippen molar-refractivity contribution in [2.75, 3.05) is 7.11 Å². The average molecular weight is 320 g/mol. The number of benzene rings is 2. The van der Waals surface area contributed by atoms with Crippen molar-refractivity contribution in [3.8, 4) is 5.75 Å². The van der Waals surface area contributed by atoms with Crippen molar-refractivity contribution in [2.45, 2.75) is 19.1 Å². The molecule has 0 amide bonds. The highest BCUT2D eigenvalue weighted by Crippen LogP contribution is 2.41. The Kier molecular flexibility index (Phi) is 3.87. The minimum absolute atomic E-state index is 0.0191. The topological polar surface area (TPSA) is 38.7 Å². The van der Waals surface area contributed by atoms with Gasteiger partial charge in [0.25, 0.3) is 0 Å². The molecule has 0 spiro atoms. The van der Waals surface area contributed by atoms with E-state index in [1.54, 1.807) is 7.11 Å². The van der Waals surface area contributed by atoms with Crippen LogP contribution in [0.5, 0.6) is 5.75 Å². The summed E-state index contributed by atoms with van der Waals surface area (Å²) in [7, 11) is 1.69. The molecule has 0 unspecified atom stereocenters. The van der Waals surface area contributed by atoms with Crippen LogP contribution in [0, 0.1) is 5.92 Å². The molecule has 0 aromatic heterocycles. The normalized spacial score (nSPS) is 21.3. The summed E-state index contributed by atoms with van der Waals surface area (Å²) < 4.78 is 11.2. The number of methoxy groups -OCH3 is 1. The molecule has 1 aliphatic heterocycles. The smallest absolute Gasteiger partial charge is 0.126 e. The van der Waals surface area contributed by atoms with E-state index in [4.69, 9.17) is 9.47 Å². The van der Waals surface area contributed by atoms with Gasteiger partial charge in [0, 0.05) is 17.0 Å². The second kappa shape index (κ2) is 6.17. The van der Waals surface area contributed by atoms with Gasteiger partial charge >= 0.3 is 0 Å². The first-order chi connectivity index (χ1) is 11.8. The molecule has 2 aromatic carbocycles. The fourth-order valence-corrected chi connectivity index (χ4v) is 3.60. The maximum absolute atomic E-state index is 10.8. The number of rotatable bonds is 3. The summed E-state index contributed by atoms with van der Waals surface area (Å²) in [5.41, 5.74) is 5.38. The van der Waals surface area contributed by atoms with Gasteiger partial charge in [-0.05, 0) is 29.2 Å². The van der Waals surface area contributed by atoms with Crippen molar-refractivity contribution in [2.24, 2.45) is 5.92 Å². The lowest BCUT2D eigenvalue weighted by molar-refractivity contribution is 0.131. The zero-order valence-electron chi connectivity index (χ0n) is 13.6. The van der Waals surface area contributed by atoms with E-state index in [1.165, 1.54) is 0 Å². The SMILES string of the molecule is COc1cccc2c1C(C[C@@H]1C=Cc3ccccc3[C@@H]1O)=COC2. The number of hydrogen-bond donors (Lipinski definition) is 1. The van der Waals surface area contributed by atoms with E-state index < -0.39 is 6.10 Å². The lowest BCUT2D eigenvalue weighted by atomic mass is 9.81. The molecule has 0 radical (unpaired) electrons. The largest absolute Gasteiger partial charge is 0.496 e. The Bertz CT molecular complexity index is 820. The fraction of sp³-hybridized carbons (Fsp3) is 0.238. The number of fused-ring (bicyclic) bond motifs is 2. The summed E-state index contributed by atoms with van der Waals surface area (Å²) in [6.07, 6.45) is 6.20. The Balaban J connectivity index is 1.65. The molecule has 4 rings (SSSR count). The highest BCUT2D eigenvalue weighted by molar-refractivity contribution is 5.74. The summed E-state index contributed by atoms with van der Waals surface area (Å²) in [6, 6.07) is 14.0. The summed E-state index contributed by atoms with van der Waals surface area (Å²) >= 11 is 0. The molecule has 3 nitrogen and oxygen atoms in total. The Morgan fingerprint density at radius 1 is 1.17 bits per heavy atom. The van der Waals surface area contributed by atoms with Crippen molar-refractivity contribution in [1.29, 1.82) is 0 Å². The molecule has 0 saturated carbocycles. The van der Waals surface area contributed by atoms with Crippen molar-refractivity contribution < 1.29 is 14.6 Å². The standard InChI is InChI=1S/C21H20O3/c1-23-19-8-4-6-16-12-24-13-17(20(16)19)11-15-10-9-14-5-2-3-7-18(14)21(15)22/h2-10,13,15,21-22H,11-12H2,1H3/t15-,21+/m0/s1. The molecule has 3 heteroatoms. The molecule has 122 valence electrons. The van der Waals surface area contributed by atoms with Crippen LogP contribution in [0.4, 0.5) is 0 Å². The summed E-state index contributed by atoms with van der Waals surface area (Å²) in [4.78, 5) is 0. The first-order valence-electron chi connectivity index (χ1n) is 8.20. The van der Waals surface area contributed by atoms with E-state index in [-0.39, 0.29) is 5.92 Å². The first-order valence-corrected chi connectivity index (χ1v) is 8.20. The Morgan fingerprint density at radius 2 is 2.04 bits per heavy atom. The second-order valence-electron chi connectivity index (χ2n) is 6.25. The van der Waals surface area contributed by atoms with Crippen LogP contribution in [0.25, 0.3) is 11.6 Å². The quantitative estimate of drug-likeness (QED) is 0.914. The van der Waals surface area contributed by atoms with Gasteiger partial charge in [-0.3, -0.25) is 0 Å². The van der Waals surface area contributed by atoms with E-state index in [0.717, 1.165) is 33.6 Å². The number of hydrogen-bond acceptors (Lipinski definition) is 3. The van der Waals surface area contributed by atoms with Gasteiger partial charge < -0.3 is 14.6 Å². The van der Waals surface area contributed by atoms with Crippen molar-refractivity contribution in [3.05, 3.63) is 77.1 Å². The molecule has 0 bridgehead atoms. The van der Waals surface area contributed by atoms with Crippen LogP contribution in [0.1, 0.15) is 34.8 Å². The van der Waals surface area contributed by atoms with E-state index >= 15 is 0 Å². The van der Waals surface area contributed by atoms with E-state index in [2.05, 4.69) is 18.2 Å². The zero-order chi connectivity index (χ0) is 16.5. The van der Waals surface area contributed by atoms with Gasteiger partial charge in [-0.2, -0.15) is 0 Å². The Hall–Kier alpha value is -2.52. The highest BCUT2D eigenvalue weighted by Gasteiger charge is 2.27. The van der Waals surface area contributed by atoms with Crippen LogP contribution in [0.3, 0.4) is 0 Å². The third kappa shape index (κ3) is 2.51. The molecule has 2 aliphatic rings. The summed E-state index contributed by atoms with van der Waals surface area (Å²) in [6.45, 7) is 0.557. The van der Waals surface area contributed by atoms with Crippen LogP contribution >= 0.6 is 0 Å². The first kappa shape index (κ1) is 15.0. The van der Waals surface area contributed by atoms with Gasteiger partial charge in [0.05, 0.1) is 19.5 Å². The van der Waals surface area contributed by atoms with Gasteiger partial charge in [0.15, 0.2) is 0 Å². The number of aliphatic hydroxyl groups is 1. The molecule has 0 fully saturated rings. The van der Waals surface area contributed by atoms with Crippen LogP contribution in [0.15, 0.2) is 54.8 Å². The molecule has 0 saturated heterocycles. The lowest BCUT2D eigenvalue weighted by Crippen LogP contribution is -2.16. The van der Waals surface area contributed by atoms with Gasteiger partial charge in [-0.1, -0.05) is 48.6 Å². The van der Waals surface area contributed by atoms with Crippen molar-refractivity contribution in [1.82, 2.24) is 0 Å². The van der Waals surface area contributed by atoms with E-state index in [9.17, 15) is 5.11 Å². The molecule has 2 atom stereocenters. The Morgan fingerprint density at radius 3 is 2.92 bits per heavy atom. The van der Waals surface area contributed by atoms with Crippen LogP contribution in [-0.2, 0) is 11.3 Å². The maximum atomic E-state index is 10.8. The summed E-state index contributed by atoms with van der Waals surface area (Å²) in [5.74, 6) is 0.877. The van der Waals surface area contributed by atoms with Crippen molar-refractivity contribution >= 4 is 11.6 Å². The molecular weight excluding hydrogens is 300 g/mol. The molecule has 1 aliphatic carbocycles. The van der Waals surface area contributed by atoms with Crippen LogP contribution in [-0.4, -0.2) is 12.2 Å². The average Bonchev–Trinajstić information content (AvgIpc) is 2.64. The van der Waals surface area contributed by atoms with Crippen LogP contribution in [0.2, 0.25) is 0 Å². The third-order valence-corrected chi connectivity index (χ3v) is 4.82. The van der Waals surface area contributed by atoms with Crippen molar-refractivity contribution in [3.63, 3.8) is 0 Å². The number of ether oxygens (including phenoxy) is 2. The van der Waals surface area contributed by atoms with Gasteiger partial charge in [0.1, 0.15) is 12.4 Å². The highest BCUT2D eigenvalue weighted by atomic mass is 16.5. The number of aliphatic hydroxyl groups excluding tert-OH is 1.